The van der Waals surface area contributed by atoms with Crippen molar-refractivity contribution in [2.45, 2.75) is 25.7 Å². The van der Waals surface area contributed by atoms with E-state index in [9.17, 15) is 13.2 Å². The number of hydrazone groups is 1. The number of benzene rings is 3. The lowest BCUT2D eigenvalue weighted by Gasteiger charge is -2.25. The summed E-state index contributed by atoms with van der Waals surface area (Å²) in [6.45, 7) is 5.51. The average Bonchev–Trinajstić information content (AvgIpc) is 3.21. The summed E-state index contributed by atoms with van der Waals surface area (Å²) in [6, 6.07) is 24.1. The first-order valence-electron chi connectivity index (χ1n) is 12.3. The van der Waals surface area contributed by atoms with E-state index in [1.807, 2.05) is 48.7 Å². The molecule has 0 saturated carbocycles. The lowest BCUT2D eigenvalue weighted by molar-refractivity contribution is -0.119. The van der Waals surface area contributed by atoms with Gasteiger partial charge >= 0.3 is 0 Å². The first kappa shape index (κ1) is 27.9. The molecule has 1 aromatic heterocycles. The van der Waals surface area contributed by atoms with Gasteiger partial charge in [-0.1, -0.05) is 54.1 Å². The molecule has 8 nitrogen and oxygen atoms in total. The van der Waals surface area contributed by atoms with Crippen molar-refractivity contribution in [3.05, 3.63) is 107 Å². The van der Waals surface area contributed by atoms with Gasteiger partial charge in [0, 0.05) is 17.0 Å². The van der Waals surface area contributed by atoms with Gasteiger partial charge in [-0.15, -0.1) is 0 Å². The largest absolute Gasteiger partial charge is 0.492 e. The third kappa shape index (κ3) is 6.16. The molecule has 0 atom stereocenters. The van der Waals surface area contributed by atoms with Crippen LogP contribution in [0.5, 0.6) is 5.75 Å². The number of sulfonamides is 1. The Labute approximate surface area is 233 Å². The second-order valence-electron chi connectivity index (χ2n) is 8.63. The Morgan fingerprint density at radius 3 is 2.41 bits per heavy atom. The quantitative estimate of drug-likeness (QED) is 0.203. The van der Waals surface area contributed by atoms with Gasteiger partial charge in [-0.25, -0.2) is 13.8 Å². The van der Waals surface area contributed by atoms with E-state index in [4.69, 9.17) is 16.3 Å². The van der Waals surface area contributed by atoms with Crippen LogP contribution in [0.1, 0.15) is 23.9 Å². The molecule has 0 saturated heterocycles. The molecule has 1 N–H and O–H groups in total. The summed E-state index contributed by atoms with van der Waals surface area (Å²) in [4.78, 5) is 13.0. The van der Waals surface area contributed by atoms with Crippen molar-refractivity contribution >= 4 is 39.4 Å². The van der Waals surface area contributed by atoms with E-state index in [0.29, 0.717) is 17.4 Å². The molecule has 0 aliphatic rings. The number of carbonyl (C=O) groups is 1. The fourth-order valence-electron chi connectivity index (χ4n) is 4.22. The van der Waals surface area contributed by atoms with Crippen LogP contribution in [0.3, 0.4) is 0 Å². The Hall–Kier alpha value is -4.08. The molecular formula is C29H29ClN4O4S. The van der Waals surface area contributed by atoms with Crippen molar-refractivity contribution in [3.8, 4) is 11.4 Å². The maximum atomic E-state index is 13.6. The zero-order valence-electron chi connectivity index (χ0n) is 21.8. The predicted octanol–water partition coefficient (Wildman–Crippen LogP) is 5.49. The number of aromatic nitrogens is 1. The van der Waals surface area contributed by atoms with Crippen molar-refractivity contribution in [2.24, 2.45) is 5.10 Å². The molecule has 1 amide bonds. The minimum Gasteiger partial charge on any atom is -0.492 e. The summed E-state index contributed by atoms with van der Waals surface area (Å²) in [5.41, 5.74) is 6.17. The molecule has 0 radical (unpaired) electrons. The van der Waals surface area contributed by atoms with Gasteiger partial charge in [0.15, 0.2) is 0 Å². The molecule has 0 aliphatic carbocycles. The number of aryl methyl sites for hydroxylation is 1. The van der Waals surface area contributed by atoms with Crippen molar-refractivity contribution in [1.82, 2.24) is 9.99 Å². The first-order valence-corrected chi connectivity index (χ1v) is 14.1. The summed E-state index contributed by atoms with van der Waals surface area (Å²) < 4.78 is 35.9. The van der Waals surface area contributed by atoms with E-state index in [1.54, 1.807) is 49.4 Å². The molecule has 0 aliphatic heterocycles. The smallest absolute Gasteiger partial charge is 0.264 e. The second-order valence-corrected chi connectivity index (χ2v) is 10.9. The van der Waals surface area contributed by atoms with E-state index in [2.05, 4.69) is 10.5 Å². The number of amides is 1. The maximum Gasteiger partial charge on any atom is 0.264 e. The highest BCUT2D eigenvalue weighted by Gasteiger charge is 2.29. The van der Waals surface area contributed by atoms with Gasteiger partial charge in [-0.3, -0.25) is 9.10 Å². The molecule has 0 unspecified atom stereocenters. The van der Waals surface area contributed by atoms with Crippen LogP contribution in [-0.4, -0.2) is 38.3 Å². The number of hydrogen-bond donors (Lipinski definition) is 1. The molecule has 39 heavy (non-hydrogen) atoms. The monoisotopic (exact) mass is 564 g/mol. The summed E-state index contributed by atoms with van der Waals surface area (Å²) in [5, 5.41) is 4.72. The number of halogens is 1. The van der Waals surface area contributed by atoms with E-state index >= 15 is 0 Å². The summed E-state index contributed by atoms with van der Waals surface area (Å²) in [5.74, 6) is -0.264. The van der Waals surface area contributed by atoms with Crippen molar-refractivity contribution < 1.29 is 17.9 Å². The van der Waals surface area contributed by atoms with Gasteiger partial charge in [-0.05, 0) is 63.2 Å². The van der Waals surface area contributed by atoms with Crippen LogP contribution in [-0.2, 0) is 14.8 Å². The molecule has 202 valence electrons. The summed E-state index contributed by atoms with van der Waals surface area (Å²) in [6.07, 6.45) is 1.53. The zero-order chi connectivity index (χ0) is 28.0. The van der Waals surface area contributed by atoms with Crippen LogP contribution in [0.25, 0.3) is 5.69 Å². The Balaban J connectivity index is 1.59. The number of carbonyl (C=O) groups excluding carboxylic acids is 1. The van der Waals surface area contributed by atoms with Gasteiger partial charge < -0.3 is 9.30 Å². The minimum atomic E-state index is -4.09. The third-order valence-electron chi connectivity index (χ3n) is 6.01. The van der Waals surface area contributed by atoms with Crippen molar-refractivity contribution in [3.63, 3.8) is 0 Å². The van der Waals surface area contributed by atoms with E-state index < -0.39 is 22.5 Å². The van der Waals surface area contributed by atoms with Gasteiger partial charge in [-0.2, -0.15) is 5.10 Å². The Kier molecular flexibility index (Phi) is 8.73. The highest BCUT2D eigenvalue weighted by molar-refractivity contribution is 7.92. The van der Waals surface area contributed by atoms with Crippen molar-refractivity contribution in [2.75, 3.05) is 17.5 Å². The van der Waals surface area contributed by atoms with Crippen LogP contribution in [0.2, 0.25) is 5.02 Å². The van der Waals surface area contributed by atoms with Crippen LogP contribution < -0.4 is 14.5 Å². The SMILES string of the molecule is CCOc1ccccc1N(CC(=O)N/N=C/c1cc(C)n(-c2ccccc2Cl)c1C)S(=O)(=O)c1ccccc1. The zero-order valence-corrected chi connectivity index (χ0v) is 23.4. The molecule has 3 aromatic carbocycles. The number of para-hydroxylation sites is 3. The molecule has 10 heteroatoms. The number of rotatable bonds is 10. The Bertz CT molecular complexity index is 1600. The standard InChI is InChI=1S/C29H29ClN4O4S/c1-4-38-28-17-11-10-16-27(28)33(39(36,37)24-12-6-5-7-13-24)20-29(35)32-31-19-23-18-21(2)34(22(23)3)26-15-9-8-14-25(26)30/h5-19H,4,20H2,1-3H3,(H,32,35)/b31-19+. The number of anilines is 1. The summed E-state index contributed by atoms with van der Waals surface area (Å²) in [7, 11) is -4.09. The Morgan fingerprint density at radius 2 is 1.69 bits per heavy atom. The molecule has 1 heterocycles. The second kappa shape index (κ2) is 12.2. The average molecular weight is 565 g/mol. The van der Waals surface area contributed by atoms with Gasteiger partial charge in [0.05, 0.1) is 34.1 Å². The molecule has 0 bridgehead atoms. The van der Waals surface area contributed by atoms with Gasteiger partial charge in [0.25, 0.3) is 15.9 Å². The van der Waals surface area contributed by atoms with Crippen LogP contribution in [0, 0.1) is 13.8 Å². The van der Waals surface area contributed by atoms with Crippen LogP contribution in [0.15, 0.2) is 94.9 Å². The normalized spacial score (nSPS) is 11.5. The maximum absolute atomic E-state index is 13.6. The predicted molar refractivity (Wildman–Crippen MR) is 155 cm³/mol. The number of nitrogens with zero attached hydrogens (tertiary/aromatic N) is 3. The third-order valence-corrected chi connectivity index (χ3v) is 8.10. The lowest BCUT2D eigenvalue weighted by atomic mass is 10.2. The summed E-state index contributed by atoms with van der Waals surface area (Å²) >= 11 is 6.39. The number of hydrogen-bond acceptors (Lipinski definition) is 5. The highest BCUT2D eigenvalue weighted by Crippen LogP contribution is 2.32. The minimum absolute atomic E-state index is 0.0552. The Morgan fingerprint density at radius 1 is 1.03 bits per heavy atom. The molecule has 4 aromatic rings. The molecule has 4 rings (SSSR count). The van der Waals surface area contributed by atoms with Gasteiger partial charge in [0.2, 0.25) is 0 Å². The fourth-order valence-corrected chi connectivity index (χ4v) is 5.89. The van der Waals surface area contributed by atoms with E-state index in [-0.39, 0.29) is 10.6 Å². The van der Waals surface area contributed by atoms with Gasteiger partial charge in [0.1, 0.15) is 12.3 Å². The highest BCUT2D eigenvalue weighted by atomic mass is 35.5. The van der Waals surface area contributed by atoms with E-state index in [1.165, 1.54) is 18.3 Å². The lowest BCUT2D eigenvalue weighted by Crippen LogP contribution is -2.39. The first-order chi connectivity index (χ1) is 18.7. The molecule has 0 fully saturated rings. The number of nitrogens with one attached hydrogen (secondary N) is 1. The molecular weight excluding hydrogens is 536 g/mol. The van der Waals surface area contributed by atoms with Crippen LogP contribution in [0.4, 0.5) is 5.69 Å². The van der Waals surface area contributed by atoms with E-state index in [0.717, 1.165) is 26.9 Å². The fraction of sp³-hybridized carbons (Fsp3) is 0.172. The topological polar surface area (TPSA) is 93.0 Å². The van der Waals surface area contributed by atoms with Crippen molar-refractivity contribution in [1.29, 1.82) is 0 Å². The molecule has 0 spiro atoms. The van der Waals surface area contributed by atoms with Crippen LogP contribution >= 0.6 is 11.6 Å². The number of ether oxygens (including phenoxy) is 1.